The summed E-state index contributed by atoms with van der Waals surface area (Å²) in [5, 5.41) is 0.816. The van der Waals surface area contributed by atoms with E-state index in [0.29, 0.717) is 11.2 Å². The molecular weight excluding hydrogens is 245 g/mol. The molecule has 1 unspecified atom stereocenters. The molecule has 3 rings (SSSR count). The van der Waals surface area contributed by atoms with Gasteiger partial charge in [-0.2, -0.15) is 0 Å². The Morgan fingerprint density at radius 1 is 1.12 bits per heavy atom. The highest BCUT2D eigenvalue weighted by Gasteiger charge is 2.32. The van der Waals surface area contributed by atoms with Crippen LogP contribution in [0.15, 0.2) is 0 Å². The number of piperidine rings is 1. The fraction of sp³-hybridized carbons (Fsp3) is 0.636. The van der Waals surface area contributed by atoms with Crippen molar-refractivity contribution >= 4 is 23.2 Å². The topological polar surface area (TPSA) is 29.0 Å². The van der Waals surface area contributed by atoms with Crippen LogP contribution in [0.3, 0.4) is 0 Å². The summed E-state index contributed by atoms with van der Waals surface area (Å²) < 4.78 is 0. The van der Waals surface area contributed by atoms with Gasteiger partial charge in [-0.05, 0) is 37.4 Å². The minimum absolute atomic E-state index is 0.274. The molecule has 0 aliphatic carbocycles. The molecule has 0 saturated carbocycles. The summed E-state index contributed by atoms with van der Waals surface area (Å²) in [4.78, 5) is 10.9. The van der Waals surface area contributed by atoms with E-state index in [1.807, 2.05) is 0 Å². The van der Waals surface area contributed by atoms with Crippen molar-refractivity contribution in [2.75, 3.05) is 13.1 Å². The summed E-state index contributed by atoms with van der Waals surface area (Å²) >= 11 is 12.0. The SMILES string of the molecule is Clc1nc(Cl)c2c(n1)C1CCCCN1CC2. The third-order valence-corrected chi connectivity index (χ3v) is 4.02. The molecule has 0 amide bonds. The van der Waals surface area contributed by atoms with Gasteiger partial charge in [-0.3, -0.25) is 4.90 Å². The lowest BCUT2D eigenvalue weighted by molar-refractivity contribution is 0.134. The second kappa shape index (κ2) is 4.13. The predicted octanol–water partition coefficient (Wildman–Crippen LogP) is 2.87. The number of nitrogens with zero attached hydrogens (tertiary/aromatic N) is 3. The van der Waals surface area contributed by atoms with Crippen molar-refractivity contribution in [3.63, 3.8) is 0 Å². The maximum Gasteiger partial charge on any atom is 0.224 e. The average molecular weight is 258 g/mol. The molecule has 1 aromatic rings. The monoisotopic (exact) mass is 257 g/mol. The van der Waals surface area contributed by atoms with E-state index in [0.717, 1.165) is 30.6 Å². The van der Waals surface area contributed by atoms with Gasteiger partial charge >= 0.3 is 0 Å². The third-order valence-electron chi connectivity index (χ3n) is 3.54. The van der Waals surface area contributed by atoms with Crippen molar-refractivity contribution in [3.05, 3.63) is 21.7 Å². The number of hydrogen-bond donors (Lipinski definition) is 0. The van der Waals surface area contributed by atoms with E-state index < -0.39 is 0 Å². The van der Waals surface area contributed by atoms with Crippen molar-refractivity contribution in [1.29, 1.82) is 0 Å². The molecule has 16 heavy (non-hydrogen) atoms. The molecular formula is C11H13Cl2N3. The van der Waals surface area contributed by atoms with Crippen LogP contribution in [0.4, 0.5) is 0 Å². The third kappa shape index (κ3) is 1.71. The smallest absolute Gasteiger partial charge is 0.224 e. The highest BCUT2D eigenvalue weighted by Crippen LogP contribution is 2.37. The fourth-order valence-corrected chi connectivity index (χ4v) is 3.27. The van der Waals surface area contributed by atoms with Crippen molar-refractivity contribution < 1.29 is 0 Å². The first-order chi connectivity index (χ1) is 7.75. The molecule has 2 aliphatic heterocycles. The van der Waals surface area contributed by atoms with Crippen LogP contribution in [0.1, 0.15) is 36.6 Å². The minimum atomic E-state index is 0.274. The van der Waals surface area contributed by atoms with Gasteiger partial charge in [0.05, 0.1) is 11.7 Å². The Bertz CT molecular complexity index is 422. The van der Waals surface area contributed by atoms with Crippen molar-refractivity contribution in [2.24, 2.45) is 0 Å². The van der Waals surface area contributed by atoms with E-state index in [4.69, 9.17) is 23.2 Å². The molecule has 86 valence electrons. The molecule has 0 aromatic carbocycles. The van der Waals surface area contributed by atoms with Gasteiger partial charge < -0.3 is 0 Å². The van der Waals surface area contributed by atoms with Gasteiger partial charge in [-0.1, -0.05) is 18.0 Å². The van der Waals surface area contributed by atoms with Crippen molar-refractivity contribution in [2.45, 2.75) is 31.7 Å². The predicted molar refractivity (Wildman–Crippen MR) is 63.9 cm³/mol. The second-order valence-corrected chi connectivity index (χ2v) is 5.14. The molecule has 0 spiro atoms. The largest absolute Gasteiger partial charge is 0.294 e. The number of aromatic nitrogens is 2. The van der Waals surface area contributed by atoms with E-state index in [9.17, 15) is 0 Å². The standard InChI is InChI=1S/C11H13Cl2N3/c12-10-7-4-6-16-5-2-1-3-8(16)9(7)14-11(13)15-10/h8H,1-6H2. The van der Waals surface area contributed by atoms with E-state index in [1.165, 1.54) is 19.4 Å². The molecule has 1 atom stereocenters. The lowest BCUT2D eigenvalue weighted by Crippen LogP contribution is -2.39. The molecule has 3 heterocycles. The number of halogens is 2. The van der Waals surface area contributed by atoms with Crippen LogP contribution in [0.2, 0.25) is 10.4 Å². The maximum atomic E-state index is 6.12. The van der Waals surface area contributed by atoms with Crippen LogP contribution in [0.5, 0.6) is 0 Å². The molecule has 0 N–H and O–H groups in total. The Morgan fingerprint density at radius 2 is 2.00 bits per heavy atom. The van der Waals surface area contributed by atoms with Gasteiger partial charge in [0.15, 0.2) is 0 Å². The average Bonchev–Trinajstić information content (AvgIpc) is 2.28. The van der Waals surface area contributed by atoms with Gasteiger partial charge in [-0.25, -0.2) is 9.97 Å². The molecule has 5 heteroatoms. The van der Waals surface area contributed by atoms with E-state index in [1.54, 1.807) is 0 Å². The normalized spacial score (nSPS) is 25.0. The van der Waals surface area contributed by atoms with Crippen LogP contribution >= 0.6 is 23.2 Å². The molecule has 2 aliphatic rings. The summed E-state index contributed by atoms with van der Waals surface area (Å²) in [6.07, 6.45) is 4.66. The minimum Gasteiger partial charge on any atom is -0.294 e. The zero-order valence-electron chi connectivity index (χ0n) is 8.92. The Kier molecular flexibility index (Phi) is 2.78. The number of rotatable bonds is 0. The number of hydrogen-bond acceptors (Lipinski definition) is 3. The second-order valence-electron chi connectivity index (χ2n) is 4.44. The van der Waals surface area contributed by atoms with Gasteiger partial charge in [0, 0.05) is 12.1 Å². The van der Waals surface area contributed by atoms with Gasteiger partial charge in [-0.15, -0.1) is 0 Å². The van der Waals surface area contributed by atoms with E-state index >= 15 is 0 Å². The van der Waals surface area contributed by atoms with Gasteiger partial charge in [0.25, 0.3) is 0 Å². The van der Waals surface area contributed by atoms with Crippen LogP contribution in [0, 0.1) is 0 Å². The Balaban J connectivity index is 2.06. The molecule has 1 aromatic heterocycles. The zero-order valence-corrected chi connectivity index (χ0v) is 10.4. The Hall–Kier alpha value is -0.380. The molecule has 0 radical (unpaired) electrons. The summed E-state index contributed by atoms with van der Waals surface area (Å²) in [5.74, 6) is 0. The molecule has 3 nitrogen and oxygen atoms in total. The number of fused-ring (bicyclic) bond motifs is 3. The molecule has 0 bridgehead atoms. The van der Waals surface area contributed by atoms with E-state index in [-0.39, 0.29) is 5.28 Å². The highest BCUT2D eigenvalue weighted by molar-refractivity contribution is 6.32. The highest BCUT2D eigenvalue weighted by atomic mass is 35.5. The lowest BCUT2D eigenvalue weighted by atomic mass is 9.91. The molecule has 1 saturated heterocycles. The summed E-state index contributed by atoms with van der Waals surface area (Å²) in [6.45, 7) is 2.24. The summed E-state index contributed by atoms with van der Waals surface area (Å²) in [6, 6.07) is 0.413. The fourth-order valence-electron chi connectivity index (χ4n) is 2.78. The van der Waals surface area contributed by atoms with Crippen LogP contribution in [0.25, 0.3) is 0 Å². The maximum absolute atomic E-state index is 6.12. The van der Waals surface area contributed by atoms with Crippen LogP contribution < -0.4 is 0 Å². The van der Waals surface area contributed by atoms with E-state index in [2.05, 4.69) is 14.9 Å². The first-order valence-electron chi connectivity index (χ1n) is 5.71. The van der Waals surface area contributed by atoms with Gasteiger partial charge in [0.1, 0.15) is 5.15 Å². The zero-order chi connectivity index (χ0) is 11.1. The Morgan fingerprint density at radius 3 is 2.88 bits per heavy atom. The Labute approximate surface area is 105 Å². The molecule has 1 fully saturated rings. The van der Waals surface area contributed by atoms with Crippen LogP contribution in [-0.2, 0) is 6.42 Å². The summed E-state index contributed by atoms with van der Waals surface area (Å²) in [7, 11) is 0. The first kappa shape index (κ1) is 10.8. The quantitative estimate of drug-likeness (QED) is 0.529. The van der Waals surface area contributed by atoms with Gasteiger partial charge in [0.2, 0.25) is 5.28 Å². The lowest BCUT2D eigenvalue weighted by Gasteiger charge is -2.39. The summed E-state index contributed by atoms with van der Waals surface area (Å²) in [5.41, 5.74) is 2.17. The van der Waals surface area contributed by atoms with Crippen molar-refractivity contribution in [3.8, 4) is 0 Å². The van der Waals surface area contributed by atoms with Crippen LogP contribution in [-0.4, -0.2) is 28.0 Å². The van der Waals surface area contributed by atoms with Crippen molar-refractivity contribution in [1.82, 2.24) is 14.9 Å². The first-order valence-corrected chi connectivity index (χ1v) is 6.47.